The van der Waals surface area contributed by atoms with Gasteiger partial charge in [0.25, 0.3) is 0 Å². The first-order chi connectivity index (χ1) is 9.17. The quantitative estimate of drug-likeness (QED) is 0.882. The van der Waals surface area contributed by atoms with Gasteiger partial charge in [-0.3, -0.25) is 4.79 Å². The summed E-state index contributed by atoms with van der Waals surface area (Å²) in [5.74, 6) is 0.0582. The molecule has 0 aliphatic carbocycles. The van der Waals surface area contributed by atoms with Gasteiger partial charge in [0, 0.05) is 17.5 Å². The number of thiazole rings is 1. The highest BCUT2D eigenvalue weighted by Crippen LogP contribution is 2.20. The summed E-state index contributed by atoms with van der Waals surface area (Å²) in [7, 11) is 1.65. The van der Waals surface area contributed by atoms with Crippen LogP contribution in [-0.2, 0) is 17.6 Å². The van der Waals surface area contributed by atoms with E-state index in [1.807, 2.05) is 24.3 Å². The number of hydrogen-bond donors (Lipinski definition) is 1. The summed E-state index contributed by atoms with van der Waals surface area (Å²) >= 11 is 1.57. The third kappa shape index (κ3) is 4.06. The molecule has 0 aliphatic rings. The number of aromatic nitrogens is 1. The second-order valence-corrected chi connectivity index (χ2v) is 5.34. The van der Waals surface area contributed by atoms with Crippen molar-refractivity contribution in [1.29, 1.82) is 0 Å². The maximum atomic E-state index is 10.5. The van der Waals surface area contributed by atoms with Crippen molar-refractivity contribution in [3.05, 3.63) is 45.9 Å². The van der Waals surface area contributed by atoms with Crippen LogP contribution in [0.3, 0.4) is 0 Å². The second kappa shape index (κ2) is 6.33. The van der Waals surface area contributed by atoms with Crippen LogP contribution >= 0.6 is 11.3 Å². The molecule has 2 aromatic rings. The fourth-order valence-corrected chi connectivity index (χ4v) is 2.69. The Labute approximate surface area is 115 Å². The van der Waals surface area contributed by atoms with Crippen LogP contribution in [0, 0.1) is 0 Å². The van der Waals surface area contributed by atoms with Crippen molar-refractivity contribution in [3.63, 3.8) is 0 Å². The van der Waals surface area contributed by atoms with Crippen LogP contribution in [0.4, 0.5) is 0 Å². The zero-order valence-electron chi connectivity index (χ0n) is 10.6. The third-order valence-corrected chi connectivity index (χ3v) is 3.73. The lowest BCUT2D eigenvalue weighted by Gasteiger charge is -2.02. The highest BCUT2D eigenvalue weighted by Gasteiger charge is 2.06. The van der Waals surface area contributed by atoms with E-state index in [1.54, 1.807) is 24.6 Å². The lowest BCUT2D eigenvalue weighted by molar-refractivity contribution is -0.136. The number of rotatable bonds is 6. The average Bonchev–Trinajstić information content (AvgIpc) is 2.84. The topological polar surface area (TPSA) is 59.4 Å². The molecule has 0 saturated heterocycles. The van der Waals surface area contributed by atoms with E-state index >= 15 is 0 Å². The predicted molar refractivity (Wildman–Crippen MR) is 73.9 cm³/mol. The van der Waals surface area contributed by atoms with E-state index in [-0.39, 0.29) is 6.42 Å². The van der Waals surface area contributed by atoms with Gasteiger partial charge in [-0.05, 0) is 24.1 Å². The van der Waals surface area contributed by atoms with E-state index in [1.165, 1.54) is 0 Å². The summed E-state index contributed by atoms with van der Waals surface area (Å²) in [6, 6.07) is 7.87. The van der Waals surface area contributed by atoms with E-state index in [9.17, 15) is 4.79 Å². The Morgan fingerprint density at radius 2 is 2.32 bits per heavy atom. The first-order valence-corrected chi connectivity index (χ1v) is 6.77. The summed E-state index contributed by atoms with van der Waals surface area (Å²) in [5.41, 5.74) is 1.14. The molecule has 0 unspecified atom stereocenters. The Morgan fingerprint density at radius 1 is 1.47 bits per heavy atom. The summed E-state index contributed by atoms with van der Waals surface area (Å²) in [6.45, 7) is 0. The molecule has 0 spiro atoms. The summed E-state index contributed by atoms with van der Waals surface area (Å²) in [6.07, 6.45) is 3.21. The number of carbonyl (C=O) groups is 1. The third-order valence-electron chi connectivity index (χ3n) is 2.68. The molecule has 19 heavy (non-hydrogen) atoms. The predicted octanol–water partition coefficient (Wildman–Crippen LogP) is 2.76. The zero-order chi connectivity index (χ0) is 13.7. The van der Waals surface area contributed by atoms with E-state index in [2.05, 4.69) is 4.98 Å². The van der Waals surface area contributed by atoms with Gasteiger partial charge in [0.1, 0.15) is 5.75 Å². The van der Waals surface area contributed by atoms with Crippen molar-refractivity contribution < 1.29 is 14.6 Å². The van der Waals surface area contributed by atoms with Gasteiger partial charge in [0.15, 0.2) is 0 Å². The van der Waals surface area contributed by atoms with Gasteiger partial charge in [-0.15, -0.1) is 11.3 Å². The average molecular weight is 277 g/mol. The molecule has 0 fully saturated rings. The number of aryl methyl sites for hydroxylation is 1. The molecular formula is C14H15NO3S. The number of carboxylic acids is 1. The van der Waals surface area contributed by atoms with Gasteiger partial charge in [-0.2, -0.15) is 0 Å². The van der Waals surface area contributed by atoms with Gasteiger partial charge < -0.3 is 9.84 Å². The zero-order valence-corrected chi connectivity index (χ0v) is 11.4. The molecule has 1 N–H and O–H groups in total. The van der Waals surface area contributed by atoms with Crippen LogP contribution < -0.4 is 4.74 Å². The van der Waals surface area contributed by atoms with E-state index < -0.39 is 5.97 Å². The van der Waals surface area contributed by atoms with E-state index in [4.69, 9.17) is 9.84 Å². The van der Waals surface area contributed by atoms with Crippen molar-refractivity contribution in [2.75, 3.05) is 7.11 Å². The van der Waals surface area contributed by atoms with Gasteiger partial charge in [0.2, 0.25) is 0 Å². The maximum absolute atomic E-state index is 10.5. The Kier molecular flexibility index (Phi) is 4.52. The van der Waals surface area contributed by atoms with Crippen LogP contribution in [0.5, 0.6) is 5.75 Å². The van der Waals surface area contributed by atoms with Gasteiger partial charge >= 0.3 is 5.97 Å². The number of methoxy groups -OCH3 is 1. The molecule has 0 aliphatic heterocycles. The number of hydrogen-bond acceptors (Lipinski definition) is 4. The van der Waals surface area contributed by atoms with Crippen LogP contribution in [0.25, 0.3) is 0 Å². The molecule has 0 radical (unpaired) electrons. The van der Waals surface area contributed by atoms with Crippen molar-refractivity contribution in [2.45, 2.75) is 19.3 Å². The molecule has 0 saturated carbocycles. The van der Waals surface area contributed by atoms with Crippen molar-refractivity contribution in [1.82, 2.24) is 4.98 Å². The maximum Gasteiger partial charge on any atom is 0.303 e. The largest absolute Gasteiger partial charge is 0.497 e. The molecular weight excluding hydrogens is 262 g/mol. The Balaban J connectivity index is 2.00. The lowest BCUT2D eigenvalue weighted by Crippen LogP contribution is -1.95. The van der Waals surface area contributed by atoms with Gasteiger partial charge in [0.05, 0.1) is 18.5 Å². The molecule has 1 heterocycles. The van der Waals surface area contributed by atoms with Crippen LogP contribution in [0.1, 0.15) is 21.9 Å². The highest BCUT2D eigenvalue weighted by atomic mass is 32.1. The summed E-state index contributed by atoms with van der Waals surface area (Å²) in [5, 5.41) is 9.64. The minimum absolute atomic E-state index is 0.154. The molecule has 0 bridgehead atoms. The van der Waals surface area contributed by atoms with E-state index in [0.29, 0.717) is 6.42 Å². The molecule has 4 nitrogen and oxygen atoms in total. The molecule has 0 atom stereocenters. The van der Waals surface area contributed by atoms with Gasteiger partial charge in [-0.25, -0.2) is 4.98 Å². The Morgan fingerprint density at radius 3 is 3.05 bits per heavy atom. The van der Waals surface area contributed by atoms with E-state index in [0.717, 1.165) is 27.6 Å². The summed E-state index contributed by atoms with van der Waals surface area (Å²) in [4.78, 5) is 15.9. The van der Waals surface area contributed by atoms with Crippen LogP contribution in [0.2, 0.25) is 0 Å². The summed E-state index contributed by atoms with van der Waals surface area (Å²) < 4.78 is 5.18. The monoisotopic (exact) mass is 277 g/mol. The number of benzene rings is 1. The van der Waals surface area contributed by atoms with Crippen molar-refractivity contribution >= 4 is 17.3 Å². The van der Waals surface area contributed by atoms with Gasteiger partial charge in [-0.1, -0.05) is 12.1 Å². The molecule has 5 heteroatoms. The molecule has 2 rings (SSSR count). The SMILES string of the molecule is COc1cccc(Cc2ncc(CCC(=O)O)s2)c1. The molecule has 1 aromatic heterocycles. The minimum atomic E-state index is -0.775. The number of aliphatic carboxylic acids is 1. The first-order valence-electron chi connectivity index (χ1n) is 5.95. The second-order valence-electron chi connectivity index (χ2n) is 4.14. The normalized spacial score (nSPS) is 10.4. The molecule has 0 amide bonds. The molecule has 100 valence electrons. The molecule has 1 aromatic carbocycles. The first kappa shape index (κ1) is 13.5. The fraction of sp³-hybridized carbons (Fsp3) is 0.286. The number of nitrogens with zero attached hydrogens (tertiary/aromatic N) is 1. The Bertz CT molecular complexity index is 565. The van der Waals surface area contributed by atoms with Crippen LogP contribution in [0.15, 0.2) is 30.5 Å². The number of carboxylic acid groups (broad SMARTS) is 1. The smallest absolute Gasteiger partial charge is 0.303 e. The highest BCUT2D eigenvalue weighted by molar-refractivity contribution is 7.11. The number of ether oxygens (including phenoxy) is 1. The lowest BCUT2D eigenvalue weighted by atomic mass is 10.1. The van der Waals surface area contributed by atoms with Crippen molar-refractivity contribution in [3.8, 4) is 5.75 Å². The Hall–Kier alpha value is -1.88. The van der Waals surface area contributed by atoms with Crippen molar-refractivity contribution in [2.24, 2.45) is 0 Å². The fourth-order valence-electron chi connectivity index (χ4n) is 1.73. The standard InChI is InChI=1S/C14H15NO3S/c1-18-11-4-2-3-10(7-11)8-13-15-9-12(19-13)5-6-14(16)17/h2-4,7,9H,5-6,8H2,1H3,(H,16,17). The minimum Gasteiger partial charge on any atom is -0.497 e. The van der Waals surface area contributed by atoms with Crippen LogP contribution in [-0.4, -0.2) is 23.2 Å².